The van der Waals surface area contributed by atoms with Gasteiger partial charge in [-0.25, -0.2) is 28.1 Å². The van der Waals surface area contributed by atoms with Crippen molar-refractivity contribution in [3.05, 3.63) is 18.2 Å². The second-order valence-corrected chi connectivity index (χ2v) is 8.75. The standard InChI is InChI=1S/C14H17N3O6S2/c1-14(2,3)23-12(19)16-7-11(18)22-8-4-5-9-10(6-8)24-13(17-9)25(15,20)21/h4-6H,7H2,1-3H3,(H,16,19)(H2,15,20,21). The molecule has 0 spiro atoms. The Morgan fingerprint density at radius 3 is 2.60 bits per heavy atom. The molecule has 0 saturated carbocycles. The minimum atomic E-state index is -3.90. The number of fused-ring (bicyclic) bond motifs is 1. The van der Waals surface area contributed by atoms with Crippen LogP contribution in [0.15, 0.2) is 22.5 Å². The number of rotatable bonds is 4. The predicted molar refractivity (Wildman–Crippen MR) is 90.9 cm³/mol. The first-order chi connectivity index (χ1) is 11.4. The summed E-state index contributed by atoms with van der Waals surface area (Å²) in [6.07, 6.45) is -0.736. The van der Waals surface area contributed by atoms with Crippen molar-refractivity contribution >= 4 is 43.6 Å². The molecular formula is C14H17N3O6S2. The second-order valence-electron chi connectivity index (χ2n) is 5.98. The summed E-state index contributed by atoms with van der Waals surface area (Å²) in [5, 5.41) is 7.31. The molecule has 1 aromatic carbocycles. The molecule has 2 aromatic rings. The molecule has 11 heteroatoms. The number of nitrogens with two attached hydrogens (primary N) is 1. The number of thiazole rings is 1. The first-order valence-corrected chi connectivity index (χ1v) is 9.41. The molecule has 2 rings (SSSR count). The lowest BCUT2D eigenvalue weighted by molar-refractivity contribution is -0.133. The Balaban J connectivity index is 2.00. The molecular weight excluding hydrogens is 370 g/mol. The monoisotopic (exact) mass is 387 g/mol. The van der Waals surface area contributed by atoms with E-state index < -0.39 is 27.7 Å². The fourth-order valence-electron chi connectivity index (χ4n) is 1.70. The number of nitrogens with one attached hydrogen (secondary N) is 1. The van der Waals surface area contributed by atoms with Crippen LogP contribution in [0.4, 0.5) is 4.79 Å². The zero-order valence-corrected chi connectivity index (χ0v) is 15.4. The zero-order valence-electron chi connectivity index (χ0n) is 13.7. The first-order valence-electron chi connectivity index (χ1n) is 7.05. The van der Waals surface area contributed by atoms with Crippen LogP contribution in [0.5, 0.6) is 5.75 Å². The fourth-order valence-corrected chi connectivity index (χ4v) is 3.38. The summed E-state index contributed by atoms with van der Waals surface area (Å²) in [5.74, 6) is -0.519. The third kappa shape index (κ3) is 5.66. The van der Waals surface area contributed by atoms with Crippen molar-refractivity contribution in [1.29, 1.82) is 0 Å². The number of amides is 1. The molecule has 0 fully saturated rings. The third-order valence-electron chi connectivity index (χ3n) is 2.59. The number of alkyl carbamates (subject to hydrolysis) is 1. The van der Waals surface area contributed by atoms with E-state index >= 15 is 0 Å². The van der Waals surface area contributed by atoms with Gasteiger partial charge in [0.25, 0.3) is 10.0 Å². The fraction of sp³-hybridized carbons (Fsp3) is 0.357. The number of aromatic nitrogens is 1. The van der Waals surface area contributed by atoms with Crippen LogP contribution in [0.3, 0.4) is 0 Å². The van der Waals surface area contributed by atoms with Gasteiger partial charge in [0.2, 0.25) is 4.34 Å². The smallest absolute Gasteiger partial charge is 0.408 e. The first kappa shape index (κ1) is 19.1. The van der Waals surface area contributed by atoms with Crippen LogP contribution in [-0.4, -0.2) is 37.6 Å². The Hall–Kier alpha value is -2.24. The highest BCUT2D eigenvalue weighted by Gasteiger charge is 2.18. The van der Waals surface area contributed by atoms with E-state index in [9.17, 15) is 18.0 Å². The summed E-state index contributed by atoms with van der Waals surface area (Å²) in [6, 6.07) is 4.43. The summed E-state index contributed by atoms with van der Waals surface area (Å²) < 4.78 is 33.0. The van der Waals surface area contributed by atoms with Crippen molar-refractivity contribution in [3.8, 4) is 5.75 Å². The molecule has 9 nitrogen and oxygen atoms in total. The summed E-state index contributed by atoms with van der Waals surface area (Å²) in [7, 11) is -3.90. The minimum Gasteiger partial charge on any atom is -0.444 e. The van der Waals surface area contributed by atoms with Crippen LogP contribution in [0.25, 0.3) is 10.2 Å². The number of hydrogen-bond donors (Lipinski definition) is 2. The van der Waals surface area contributed by atoms with Gasteiger partial charge >= 0.3 is 12.1 Å². The predicted octanol–water partition coefficient (Wildman–Crippen LogP) is 1.37. The van der Waals surface area contributed by atoms with Crippen LogP contribution < -0.4 is 15.2 Å². The lowest BCUT2D eigenvalue weighted by Gasteiger charge is -2.19. The number of primary sulfonamides is 1. The number of hydrogen-bond acceptors (Lipinski definition) is 8. The number of ether oxygens (including phenoxy) is 2. The van der Waals surface area contributed by atoms with Gasteiger partial charge in [0.05, 0.1) is 10.2 Å². The third-order valence-corrected chi connectivity index (χ3v) is 4.93. The Bertz CT molecular complexity index is 914. The Kier molecular flexibility index (Phi) is 5.30. The molecule has 0 radical (unpaired) electrons. The van der Waals surface area contributed by atoms with E-state index in [0.29, 0.717) is 10.2 Å². The van der Waals surface area contributed by atoms with E-state index in [-0.39, 0.29) is 16.6 Å². The normalized spacial score (nSPS) is 12.0. The number of esters is 1. The van der Waals surface area contributed by atoms with Gasteiger partial charge in [0.1, 0.15) is 17.9 Å². The SMILES string of the molecule is CC(C)(C)OC(=O)NCC(=O)Oc1ccc2nc(S(N)(=O)=O)sc2c1. The highest BCUT2D eigenvalue weighted by Crippen LogP contribution is 2.28. The van der Waals surface area contributed by atoms with Gasteiger partial charge in [-0.15, -0.1) is 11.3 Å². The molecule has 0 aliphatic rings. The van der Waals surface area contributed by atoms with Crippen molar-refractivity contribution in [2.75, 3.05) is 6.54 Å². The maximum absolute atomic E-state index is 11.8. The van der Waals surface area contributed by atoms with Gasteiger partial charge in [0.15, 0.2) is 0 Å². The molecule has 1 amide bonds. The summed E-state index contributed by atoms with van der Waals surface area (Å²) in [5.41, 5.74) is -0.257. The van der Waals surface area contributed by atoms with Crippen molar-refractivity contribution in [1.82, 2.24) is 10.3 Å². The van der Waals surface area contributed by atoms with Crippen LogP contribution in [-0.2, 0) is 19.6 Å². The van der Waals surface area contributed by atoms with E-state index in [2.05, 4.69) is 10.3 Å². The molecule has 0 bridgehead atoms. The molecule has 0 saturated heterocycles. The average molecular weight is 387 g/mol. The van der Waals surface area contributed by atoms with E-state index in [1.54, 1.807) is 20.8 Å². The van der Waals surface area contributed by atoms with Crippen molar-refractivity contribution in [2.24, 2.45) is 5.14 Å². The van der Waals surface area contributed by atoms with Gasteiger partial charge in [-0.2, -0.15) is 0 Å². The number of carbonyl (C=O) groups is 2. The zero-order chi connectivity index (χ0) is 18.8. The van der Waals surface area contributed by atoms with Crippen molar-refractivity contribution in [2.45, 2.75) is 30.7 Å². The molecule has 0 aliphatic carbocycles. The Labute approximate surface area is 148 Å². The summed E-state index contributed by atoms with van der Waals surface area (Å²) in [6.45, 7) is 4.72. The van der Waals surface area contributed by atoms with Crippen LogP contribution in [0, 0.1) is 0 Å². The molecule has 1 heterocycles. The van der Waals surface area contributed by atoms with Gasteiger partial charge in [0, 0.05) is 6.07 Å². The summed E-state index contributed by atoms with van der Waals surface area (Å²) >= 11 is 0.865. The van der Waals surface area contributed by atoms with Gasteiger partial charge in [-0.05, 0) is 32.9 Å². The molecule has 0 aliphatic heterocycles. The van der Waals surface area contributed by atoms with E-state index in [1.807, 2.05) is 0 Å². The summed E-state index contributed by atoms with van der Waals surface area (Å²) in [4.78, 5) is 27.1. The number of sulfonamides is 1. The highest BCUT2D eigenvalue weighted by atomic mass is 32.2. The number of nitrogens with zero attached hydrogens (tertiary/aromatic N) is 1. The molecule has 0 atom stereocenters. The van der Waals surface area contributed by atoms with Crippen molar-refractivity contribution in [3.63, 3.8) is 0 Å². The van der Waals surface area contributed by atoms with Crippen LogP contribution in [0.1, 0.15) is 20.8 Å². The van der Waals surface area contributed by atoms with E-state index in [0.717, 1.165) is 11.3 Å². The van der Waals surface area contributed by atoms with E-state index in [1.165, 1.54) is 18.2 Å². The largest absolute Gasteiger partial charge is 0.444 e. The molecule has 136 valence electrons. The maximum Gasteiger partial charge on any atom is 0.408 e. The molecule has 3 N–H and O–H groups in total. The van der Waals surface area contributed by atoms with E-state index in [4.69, 9.17) is 14.6 Å². The van der Waals surface area contributed by atoms with Crippen molar-refractivity contribution < 1.29 is 27.5 Å². The maximum atomic E-state index is 11.8. The van der Waals surface area contributed by atoms with Crippen LogP contribution >= 0.6 is 11.3 Å². The molecule has 25 heavy (non-hydrogen) atoms. The highest BCUT2D eigenvalue weighted by molar-refractivity contribution is 7.91. The van der Waals surface area contributed by atoms with Gasteiger partial charge in [-0.3, -0.25) is 0 Å². The molecule has 1 aromatic heterocycles. The Morgan fingerprint density at radius 1 is 1.32 bits per heavy atom. The lowest BCUT2D eigenvalue weighted by Crippen LogP contribution is -2.36. The quantitative estimate of drug-likeness (QED) is 0.597. The lowest BCUT2D eigenvalue weighted by atomic mass is 10.2. The van der Waals surface area contributed by atoms with Crippen LogP contribution in [0.2, 0.25) is 0 Å². The second kappa shape index (κ2) is 6.94. The number of benzene rings is 1. The average Bonchev–Trinajstić information content (AvgIpc) is 2.86. The Morgan fingerprint density at radius 2 is 2.00 bits per heavy atom. The topological polar surface area (TPSA) is 138 Å². The molecule has 0 unspecified atom stereocenters. The number of carbonyl (C=O) groups excluding carboxylic acids is 2. The van der Waals surface area contributed by atoms with Gasteiger partial charge in [-0.1, -0.05) is 0 Å². The minimum absolute atomic E-state index is 0.188. The van der Waals surface area contributed by atoms with Gasteiger partial charge < -0.3 is 14.8 Å².